The summed E-state index contributed by atoms with van der Waals surface area (Å²) in [6.07, 6.45) is 6.73. The molecular weight excluding hydrogens is 286 g/mol. The third kappa shape index (κ3) is 4.35. The highest BCUT2D eigenvalue weighted by molar-refractivity contribution is 6.31. The Morgan fingerprint density at radius 2 is 2.14 bits per heavy atom. The summed E-state index contributed by atoms with van der Waals surface area (Å²) in [6, 6.07) is 5.99. The van der Waals surface area contributed by atoms with Crippen molar-refractivity contribution in [2.24, 2.45) is 16.8 Å². The van der Waals surface area contributed by atoms with E-state index in [9.17, 15) is 0 Å². The van der Waals surface area contributed by atoms with Gasteiger partial charge in [-0.3, -0.25) is 0 Å². The van der Waals surface area contributed by atoms with Gasteiger partial charge in [0.05, 0.1) is 0 Å². The van der Waals surface area contributed by atoms with Crippen molar-refractivity contribution in [3.05, 3.63) is 34.3 Å². The average molecular weight is 310 g/mol. The second kappa shape index (κ2) is 7.66. The zero-order chi connectivity index (χ0) is 15.2. The Labute approximate surface area is 131 Å². The summed E-state index contributed by atoms with van der Waals surface area (Å²) < 4.78 is 0. The lowest BCUT2D eigenvalue weighted by molar-refractivity contribution is 0.280. The van der Waals surface area contributed by atoms with Crippen LogP contribution in [0.2, 0.25) is 5.02 Å². The molecule has 0 amide bonds. The highest BCUT2D eigenvalue weighted by Gasteiger charge is 2.19. The van der Waals surface area contributed by atoms with Crippen LogP contribution in [0.1, 0.15) is 50.2 Å². The number of halogens is 1. The molecule has 1 saturated carbocycles. The molecule has 1 unspecified atom stereocenters. The second-order valence-electron chi connectivity index (χ2n) is 5.86. The highest BCUT2D eigenvalue weighted by Crippen LogP contribution is 2.26. The first-order chi connectivity index (χ1) is 10.1. The number of oxime groups is 1. The maximum atomic E-state index is 8.68. The minimum atomic E-state index is 0.0759. The van der Waals surface area contributed by atoms with Crippen molar-refractivity contribution in [2.45, 2.75) is 51.6 Å². The van der Waals surface area contributed by atoms with E-state index in [2.05, 4.69) is 17.4 Å². The predicted molar refractivity (Wildman–Crippen MR) is 86.8 cm³/mol. The normalized spacial score (nSPS) is 18.7. The Morgan fingerprint density at radius 3 is 2.76 bits per heavy atom. The zero-order valence-corrected chi connectivity index (χ0v) is 13.2. The summed E-state index contributed by atoms with van der Waals surface area (Å²) in [5, 5.41) is 15.9. The van der Waals surface area contributed by atoms with Crippen LogP contribution in [-0.2, 0) is 6.54 Å². The molecule has 0 saturated heterocycles. The van der Waals surface area contributed by atoms with E-state index < -0.39 is 0 Å². The monoisotopic (exact) mass is 309 g/mol. The fourth-order valence-corrected chi connectivity index (χ4v) is 3.23. The first kappa shape index (κ1) is 16.1. The summed E-state index contributed by atoms with van der Waals surface area (Å²) in [4.78, 5) is 0. The van der Waals surface area contributed by atoms with Crippen LogP contribution in [0.5, 0.6) is 0 Å². The van der Waals surface area contributed by atoms with E-state index in [0.29, 0.717) is 16.6 Å². The van der Waals surface area contributed by atoms with Gasteiger partial charge >= 0.3 is 0 Å². The Hall–Kier alpha value is -1.26. The summed E-state index contributed by atoms with van der Waals surface area (Å²) in [7, 11) is 0. The van der Waals surface area contributed by atoms with Gasteiger partial charge < -0.3 is 16.3 Å². The minimum Gasteiger partial charge on any atom is -0.409 e. The fraction of sp³-hybridized carbons (Fsp3) is 0.562. The molecule has 1 aliphatic rings. The molecule has 2 rings (SSSR count). The molecule has 1 aromatic carbocycles. The number of hydrogen-bond donors (Lipinski definition) is 3. The number of nitrogens with two attached hydrogens (primary N) is 1. The fourth-order valence-electron chi connectivity index (χ4n) is 2.98. The summed E-state index contributed by atoms with van der Waals surface area (Å²) in [5.41, 5.74) is 7.23. The average Bonchev–Trinajstić information content (AvgIpc) is 2.53. The number of rotatable bonds is 5. The van der Waals surface area contributed by atoms with E-state index in [1.807, 2.05) is 12.1 Å². The van der Waals surface area contributed by atoms with Crippen molar-refractivity contribution in [3.63, 3.8) is 0 Å². The maximum absolute atomic E-state index is 8.68. The van der Waals surface area contributed by atoms with Crippen LogP contribution in [0.25, 0.3) is 0 Å². The van der Waals surface area contributed by atoms with Crippen LogP contribution >= 0.6 is 11.6 Å². The van der Waals surface area contributed by atoms with Gasteiger partial charge in [0.15, 0.2) is 5.84 Å². The number of nitrogens with one attached hydrogen (secondary N) is 1. The lowest BCUT2D eigenvalue weighted by Crippen LogP contribution is -2.34. The van der Waals surface area contributed by atoms with Gasteiger partial charge in [-0.1, -0.05) is 48.2 Å². The summed E-state index contributed by atoms with van der Waals surface area (Å²) in [6.45, 7) is 3.00. The summed E-state index contributed by atoms with van der Waals surface area (Å²) >= 11 is 6.27. The lowest BCUT2D eigenvalue weighted by Gasteiger charge is -2.28. The van der Waals surface area contributed by atoms with Crippen molar-refractivity contribution < 1.29 is 5.21 Å². The Morgan fingerprint density at radius 1 is 1.43 bits per heavy atom. The van der Waals surface area contributed by atoms with Gasteiger partial charge in [0.2, 0.25) is 0 Å². The van der Waals surface area contributed by atoms with Crippen LogP contribution in [0.15, 0.2) is 23.4 Å². The molecule has 0 spiro atoms. The molecule has 4 nitrogen and oxygen atoms in total. The SMILES string of the molecule is CC(NCc1ccc(/C(N)=N/O)cc1Cl)C1CCCCC1. The van der Waals surface area contributed by atoms with Crippen molar-refractivity contribution in [1.29, 1.82) is 0 Å². The smallest absolute Gasteiger partial charge is 0.170 e. The van der Waals surface area contributed by atoms with Gasteiger partial charge in [0.25, 0.3) is 0 Å². The largest absolute Gasteiger partial charge is 0.409 e. The van der Waals surface area contributed by atoms with Gasteiger partial charge in [-0.25, -0.2) is 0 Å². The van der Waals surface area contributed by atoms with E-state index >= 15 is 0 Å². The zero-order valence-electron chi connectivity index (χ0n) is 12.5. The number of hydrogen-bond acceptors (Lipinski definition) is 3. The Bertz CT molecular complexity index is 498. The number of amidine groups is 1. The summed E-state index contributed by atoms with van der Waals surface area (Å²) in [5.74, 6) is 0.848. The van der Waals surface area contributed by atoms with E-state index in [-0.39, 0.29) is 5.84 Å². The molecule has 21 heavy (non-hydrogen) atoms. The van der Waals surface area contributed by atoms with Crippen LogP contribution in [0.3, 0.4) is 0 Å². The predicted octanol–water partition coefficient (Wildman–Crippen LogP) is 3.49. The quantitative estimate of drug-likeness (QED) is 0.337. The number of nitrogens with zero attached hydrogens (tertiary/aromatic N) is 1. The highest BCUT2D eigenvalue weighted by atomic mass is 35.5. The van der Waals surface area contributed by atoms with Gasteiger partial charge in [0.1, 0.15) is 0 Å². The van der Waals surface area contributed by atoms with Crippen molar-refractivity contribution in [1.82, 2.24) is 5.32 Å². The van der Waals surface area contributed by atoms with Gasteiger partial charge in [-0.15, -0.1) is 0 Å². The Balaban J connectivity index is 1.93. The molecule has 1 aromatic rings. The van der Waals surface area contributed by atoms with Gasteiger partial charge in [-0.2, -0.15) is 0 Å². The molecule has 1 aliphatic carbocycles. The second-order valence-corrected chi connectivity index (χ2v) is 6.27. The molecule has 5 heteroatoms. The standard InChI is InChI=1S/C16H24ClN3O/c1-11(12-5-3-2-4-6-12)19-10-14-8-7-13(9-15(14)17)16(18)20-21/h7-9,11-12,19,21H,2-6,10H2,1H3,(H2,18,20). The molecule has 0 radical (unpaired) electrons. The van der Waals surface area contributed by atoms with Crippen molar-refractivity contribution in [2.75, 3.05) is 0 Å². The molecular formula is C16H24ClN3O. The van der Waals surface area contributed by atoms with Gasteiger partial charge in [0, 0.05) is 23.2 Å². The minimum absolute atomic E-state index is 0.0759. The van der Waals surface area contributed by atoms with Gasteiger partial charge in [-0.05, 0) is 37.3 Å². The third-order valence-electron chi connectivity index (χ3n) is 4.43. The van der Waals surface area contributed by atoms with E-state index in [4.69, 9.17) is 22.5 Å². The van der Waals surface area contributed by atoms with Crippen LogP contribution < -0.4 is 11.1 Å². The van der Waals surface area contributed by atoms with E-state index in [1.54, 1.807) is 6.07 Å². The molecule has 0 bridgehead atoms. The van der Waals surface area contributed by atoms with E-state index in [0.717, 1.165) is 18.0 Å². The molecule has 0 aliphatic heterocycles. The van der Waals surface area contributed by atoms with E-state index in [1.165, 1.54) is 32.1 Å². The topological polar surface area (TPSA) is 70.6 Å². The molecule has 116 valence electrons. The molecule has 4 N–H and O–H groups in total. The van der Waals surface area contributed by atoms with Crippen LogP contribution in [0.4, 0.5) is 0 Å². The lowest BCUT2D eigenvalue weighted by atomic mass is 9.84. The molecule has 0 aromatic heterocycles. The first-order valence-corrected chi connectivity index (χ1v) is 7.99. The first-order valence-electron chi connectivity index (χ1n) is 7.61. The Kier molecular flexibility index (Phi) is 5.88. The third-order valence-corrected chi connectivity index (χ3v) is 4.78. The van der Waals surface area contributed by atoms with Crippen LogP contribution in [0, 0.1) is 5.92 Å². The van der Waals surface area contributed by atoms with Crippen molar-refractivity contribution >= 4 is 17.4 Å². The van der Waals surface area contributed by atoms with Crippen molar-refractivity contribution in [3.8, 4) is 0 Å². The molecule has 1 atom stereocenters. The maximum Gasteiger partial charge on any atom is 0.170 e. The number of benzene rings is 1. The molecule has 1 fully saturated rings. The van der Waals surface area contributed by atoms with Crippen LogP contribution in [-0.4, -0.2) is 17.1 Å². The molecule has 0 heterocycles.